The van der Waals surface area contributed by atoms with Crippen LogP contribution in [0.2, 0.25) is 0 Å². The lowest BCUT2D eigenvalue weighted by Crippen LogP contribution is -2.53. The Kier molecular flexibility index (Phi) is 5.13. The van der Waals surface area contributed by atoms with E-state index in [1.54, 1.807) is 0 Å². The smallest absolute Gasteiger partial charge is 0.323 e. The van der Waals surface area contributed by atoms with Crippen molar-refractivity contribution in [2.45, 2.75) is 40.7 Å². The second-order valence-electron chi connectivity index (χ2n) is 4.42. The van der Waals surface area contributed by atoms with E-state index in [9.17, 15) is 4.79 Å². The number of morpholine rings is 1. The third kappa shape index (κ3) is 3.29. The van der Waals surface area contributed by atoms with Gasteiger partial charge < -0.3 is 4.74 Å². The summed E-state index contributed by atoms with van der Waals surface area (Å²) in [7, 11) is 1.97. The van der Waals surface area contributed by atoms with Crippen LogP contribution < -0.4 is 0 Å². The van der Waals surface area contributed by atoms with Crippen molar-refractivity contribution in [3.63, 3.8) is 0 Å². The van der Waals surface area contributed by atoms with E-state index in [2.05, 4.69) is 25.7 Å². The standard InChI is InChI=1S/C9H17NO2.C2H6/c1-9(2,3)7-8(11)12-6-5-10(7)4;1-2/h7H,5-6H2,1-4H3;1-2H3. The molecule has 0 N–H and O–H groups in total. The van der Waals surface area contributed by atoms with Crippen molar-refractivity contribution in [2.24, 2.45) is 5.41 Å². The van der Waals surface area contributed by atoms with E-state index in [0.29, 0.717) is 6.61 Å². The minimum absolute atomic E-state index is 0.0355. The zero-order valence-electron chi connectivity index (χ0n) is 10.3. The second-order valence-corrected chi connectivity index (χ2v) is 4.42. The highest BCUT2D eigenvalue weighted by atomic mass is 16.5. The maximum absolute atomic E-state index is 11.4. The minimum atomic E-state index is -0.0914. The molecule has 0 amide bonds. The van der Waals surface area contributed by atoms with Crippen molar-refractivity contribution in [3.8, 4) is 0 Å². The highest BCUT2D eigenvalue weighted by Crippen LogP contribution is 2.26. The van der Waals surface area contributed by atoms with Crippen LogP contribution >= 0.6 is 0 Å². The minimum Gasteiger partial charge on any atom is -0.463 e. The van der Waals surface area contributed by atoms with Crippen LogP contribution in [0, 0.1) is 5.41 Å². The van der Waals surface area contributed by atoms with Crippen LogP contribution in [-0.4, -0.2) is 37.1 Å². The van der Waals surface area contributed by atoms with Crippen LogP contribution in [0.25, 0.3) is 0 Å². The van der Waals surface area contributed by atoms with Crippen LogP contribution in [0.1, 0.15) is 34.6 Å². The van der Waals surface area contributed by atoms with Gasteiger partial charge in [-0.3, -0.25) is 9.69 Å². The molecule has 0 aromatic carbocycles. The molecule has 1 heterocycles. The van der Waals surface area contributed by atoms with Crippen LogP contribution in [0.3, 0.4) is 0 Å². The number of ether oxygens (including phenoxy) is 1. The van der Waals surface area contributed by atoms with Crippen LogP contribution in [0.5, 0.6) is 0 Å². The maximum Gasteiger partial charge on any atom is 0.323 e. The molecule has 1 fully saturated rings. The normalized spacial score (nSPS) is 23.6. The Hall–Kier alpha value is -0.570. The van der Waals surface area contributed by atoms with E-state index in [1.165, 1.54) is 0 Å². The fourth-order valence-corrected chi connectivity index (χ4v) is 1.69. The number of likely N-dealkylation sites (N-methyl/N-ethyl adjacent to an activating group) is 1. The van der Waals surface area contributed by atoms with Crippen molar-refractivity contribution < 1.29 is 9.53 Å². The molecule has 0 spiro atoms. The van der Waals surface area contributed by atoms with Crippen molar-refractivity contribution in [1.29, 1.82) is 0 Å². The first-order chi connectivity index (χ1) is 6.43. The van der Waals surface area contributed by atoms with Crippen LogP contribution in [0.15, 0.2) is 0 Å². The number of carbonyl (C=O) groups is 1. The summed E-state index contributed by atoms with van der Waals surface area (Å²) < 4.78 is 5.01. The molecule has 3 nitrogen and oxygen atoms in total. The van der Waals surface area contributed by atoms with Gasteiger partial charge in [-0.25, -0.2) is 0 Å². The number of hydrogen-bond acceptors (Lipinski definition) is 3. The number of hydrogen-bond donors (Lipinski definition) is 0. The predicted molar refractivity (Wildman–Crippen MR) is 58.2 cm³/mol. The molecule has 1 unspecified atom stereocenters. The lowest BCUT2D eigenvalue weighted by molar-refractivity contribution is -0.161. The molecule has 84 valence electrons. The van der Waals surface area contributed by atoms with Gasteiger partial charge in [-0.2, -0.15) is 0 Å². The molecule has 1 rings (SSSR count). The Bertz CT molecular complexity index is 184. The third-order valence-electron chi connectivity index (χ3n) is 2.17. The van der Waals surface area contributed by atoms with Crippen molar-refractivity contribution in [2.75, 3.05) is 20.2 Å². The predicted octanol–water partition coefficient (Wildman–Crippen LogP) is 1.92. The largest absolute Gasteiger partial charge is 0.463 e. The number of cyclic esters (lactones) is 1. The quantitative estimate of drug-likeness (QED) is 0.561. The van der Waals surface area contributed by atoms with E-state index in [0.717, 1.165) is 6.54 Å². The maximum atomic E-state index is 11.4. The SMILES string of the molecule is CC.CN1CCOC(=O)C1C(C)(C)C. The number of carbonyl (C=O) groups excluding carboxylic acids is 1. The van der Waals surface area contributed by atoms with Gasteiger partial charge in [0, 0.05) is 6.54 Å². The Balaban J connectivity index is 0.000000791. The highest BCUT2D eigenvalue weighted by Gasteiger charge is 2.38. The van der Waals surface area contributed by atoms with Gasteiger partial charge in [0.25, 0.3) is 0 Å². The van der Waals surface area contributed by atoms with E-state index in [1.807, 2.05) is 20.9 Å². The zero-order chi connectivity index (χ0) is 11.4. The van der Waals surface area contributed by atoms with Crippen molar-refractivity contribution in [1.82, 2.24) is 4.90 Å². The first-order valence-electron chi connectivity index (χ1n) is 5.30. The molecule has 0 aromatic heterocycles. The first-order valence-corrected chi connectivity index (χ1v) is 5.30. The topological polar surface area (TPSA) is 29.5 Å². The average molecular weight is 201 g/mol. The molecule has 0 aliphatic carbocycles. The molecule has 3 heteroatoms. The van der Waals surface area contributed by atoms with Gasteiger partial charge in [0.05, 0.1) is 0 Å². The Labute approximate surface area is 87.4 Å². The average Bonchev–Trinajstić information content (AvgIpc) is 2.05. The monoisotopic (exact) mass is 201 g/mol. The Morgan fingerprint density at radius 1 is 1.36 bits per heavy atom. The fraction of sp³-hybridized carbons (Fsp3) is 0.909. The number of rotatable bonds is 0. The third-order valence-corrected chi connectivity index (χ3v) is 2.17. The molecular formula is C11H23NO2. The Morgan fingerprint density at radius 2 is 1.86 bits per heavy atom. The van der Waals surface area contributed by atoms with Gasteiger partial charge in [-0.15, -0.1) is 0 Å². The summed E-state index contributed by atoms with van der Waals surface area (Å²) >= 11 is 0. The summed E-state index contributed by atoms with van der Waals surface area (Å²) in [4.78, 5) is 13.4. The second kappa shape index (κ2) is 5.35. The zero-order valence-corrected chi connectivity index (χ0v) is 10.3. The molecular weight excluding hydrogens is 178 g/mol. The van der Waals surface area contributed by atoms with Gasteiger partial charge >= 0.3 is 5.97 Å². The first kappa shape index (κ1) is 13.4. The molecule has 0 radical (unpaired) electrons. The van der Waals surface area contributed by atoms with Crippen molar-refractivity contribution >= 4 is 5.97 Å². The van der Waals surface area contributed by atoms with Gasteiger partial charge in [0.15, 0.2) is 0 Å². The lowest BCUT2D eigenvalue weighted by atomic mass is 9.85. The summed E-state index contributed by atoms with van der Waals surface area (Å²) in [5.74, 6) is -0.0868. The molecule has 0 aromatic rings. The fourth-order valence-electron chi connectivity index (χ4n) is 1.69. The molecule has 1 aliphatic rings. The Morgan fingerprint density at radius 3 is 2.14 bits per heavy atom. The molecule has 1 atom stereocenters. The van der Waals surface area contributed by atoms with Crippen LogP contribution in [-0.2, 0) is 9.53 Å². The summed E-state index contributed by atoms with van der Waals surface area (Å²) in [5, 5.41) is 0. The van der Waals surface area contributed by atoms with E-state index in [-0.39, 0.29) is 17.4 Å². The van der Waals surface area contributed by atoms with Gasteiger partial charge in [-0.1, -0.05) is 34.6 Å². The van der Waals surface area contributed by atoms with Gasteiger partial charge in [-0.05, 0) is 12.5 Å². The highest BCUT2D eigenvalue weighted by molar-refractivity contribution is 5.77. The molecule has 14 heavy (non-hydrogen) atoms. The number of nitrogens with zero attached hydrogens (tertiary/aromatic N) is 1. The molecule has 0 saturated carbocycles. The van der Waals surface area contributed by atoms with Crippen molar-refractivity contribution in [3.05, 3.63) is 0 Å². The number of esters is 1. The summed E-state index contributed by atoms with van der Waals surface area (Å²) in [6.07, 6.45) is 0. The summed E-state index contributed by atoms with van der Waals surface area (Å²) in [6, 6.07) is -0.0914. The van der Waals surface area contributed by atoms with E-state index >= 15 is 0 Å². The van der Waals surface area contributed by atoms with Gasteiger partial charge in [0.2, 0.25) is 0 Å². The molecule has 1 aliphatic heterocycles. The molecule has 0 bridgehead atoms. The van der Waals surface area contributed by atoms with E-state index in [4.69, 9.17) is 4.74 Å². The molecule has 1 saturated heterocycles. The summed E-state index contributed by atoms with van der Waals surface area (Å²) in [5.41, 5.74) is -0.0355. The van der Waals surface area contributed by atoms with Crippen LogP contribution in [0.4, 0.5) is 0 Å². The lowest BCUT2D eigenvalue weighted by Gasteiger charge is -2.38. The summed E-state index contributed by atoms with van der Waals surface area (Å²) in [6.45, 7) is 11.5. The van der Waals surface area contributed by atoms with E-state index < -0.39 is 0 Å². The van der Waals surface area contributed by atoms with Gasteiger partial charge in [0.1, 0.15) is 12.6 Å².